The molecule has 0 amide bonds. The molecule has 0 bridgehead atoms. The minimum atomic E-state index is -1.10. The summed E-state index contributed by atoms with van der Waals surface area (Å²) in [6.07, 6.45) is 8.36. The summed E-state index contributed by atoms with van der Waals surface area (Å²) >= 11 is 0. The zero-order chi connectivity index (χ0) is 23.8. The first kappa shape index (κ1) is 24.4. The molecule has 7 nitrogen and oxygen atoms in total. The topological polar surface area (TPSA) is 110 Å². The van der Waals surface area contributed by atoms with Crippen LogP contribution in [0.1, 0.15) is 78.1 Å². The average molecular weight is 463 g/mol. The maximum atomic E-state index is 12.5. The highest BCUT2D eigenvalue weighted by Crippen LogP contribution is 2.65. The minimum Gasteiger partial charge on any atom is -0.463 e. The van der Waals surface area contributed by atoms with Gasteiger partial charge in [-0.1, -0.05) is 19.4 Å². The van der Waals surface area contributed by atoms with Gasteiger partial charge < -0.3 is 19.7 Å². The SMILES string of the molecule is C[C@]12CC[C@H]3[C@@H](CCC4=CC(=O)CC[C@@]43C)[C@@H]1CC[C@@H]2OC(=O)CCC(=O)OC[C@@H](O)CO. The van der Waals surface area contributed by atoms with Gasteiger partial charge in [-0.3, -0.25) is 14.4 Å². The van der Waals surface area contributed by atoms with E-state index in [1.54, 1.807) is 0 Å². The molecule has 0 saturated heterocycles. The van der Waals surface area contributed by atoms with Crippen LogP contribution < -0.4 is 0 Å². The number of hydrogen-bond donors (Lipinski definition) is 2. The Labute approximate surface area is 195 Å². The number of carbonyl (C=O) groups excluding carboxylic acids is 3. The van der Waals surface area contributed by atoms with Crippen molar-refractivity contribution in [2.75, 3.05) is 13.2 Å². The second-order valence-electron chi connectivity index (χ2n) is 11.1. The number of rotatable bonds is 7. The summed E-state index contributed by atoms with van der Waals surface area (Å²) in [6.45, 7) is 3.89. The van der Waals surface area contributed by atoms with Crippen LogP contribution in [-0.2, 0) is 23.9 Å². The number of aliphatic hydroxyl groups is 2. The number of esters is 2. The number of carbonyl (C=O) groups is 3. The molecule has 7 atom stereocenters. The van der Waals surface area contributed by atoms with Gasteiger partial charge in [0.05, 0.1) is 19.4 Å². The number of aliphatic hydroxyl groups excluding tert-OH is 2. The van der Waals surface area contributed by atoms with E-state index in [1.807, 2.05) is 6.08 Å². The Bertz CT molecular complexity index is 819. The lowest BCUT2D eigenvalue weighted by Gasteiger charge is -2.57. The van der Waals surface area contributed by atoms with Crippen LogP contribution in [0.2, 0.25) is 0 Å². The zero-order valence-corrected chi connectivity index (χ0v) is 19.9. The van der Waals surface area contributed by atoms with Crippen molar-refractivity contribution in [3.63, 3.8) is 0 Å². The lowest BCUT2D eigenvalue weighted by molar-refractivity contribution is -0.162. The fourth-order valence-corrected chi connectivity index (χ4v) is 7.44. The van der Waals surface area contributed by atoms with Gasteiger partial charge in [-0.05, 0) is 74.2 Å². The average Bonchev–Trinajstić information content (AvgIpc) is 3.12. The fourth-order valence-electron chi connectivity index (χ4n) is 7.44. The number of allylic oxidation sites excluding steroid dienone is 1. The zero-order valence-electron chi connectivity index (χ0n) is 19.9. The molecule has 0 aromatic rings. The summed E-state index contributed by atoms with van der Waals surface area (Å²) in [5.74, 6) is 1.05. The van der Waals surface area contributed by atoms with Gasteiger partial charge in [-0.2, -0.15) is 0 Å². The van der Waals surface area contributed by atoms with E-state index in [4.69, 9.17) is 14.6 Å². The second kappa shape index (κ2) is 9.49. The van der Waals surface area contributed by atoms with Crippen molar-refractivity contribution in [1.29, 1.82) is 0 Å². The van der Waals surface area contributed by atoms with Gasteiger partial charge in [-0.15, -0.1) is 0 Å². The molecule has 0 unspecified atom stereocenters. The molecule has 0 radical (unpaired) electrons. The van der Waals surface area contributed by atoms with Crippen molar-refractivity contribution < 1.29 is 34.1 Å². The highest BCUT2D eigenvalue weighted by molar-refractivity contribution is 5.91. The van der Waals surface area contributed by atoms with Crippen LogP contribution in [0.4, 0.5) is 0 Å². The molecule has 4 aliphatic rings. The highest BCUT2D eigenvalue weighted by Gasteiger charge is 2.59. The monoisotopic (exact) mass is 462 g/mol. The van der Waals surface area contributed by atoms with Crippen molar-refractivity contribution in [2.45, 2.75) is 90.3 Å². The summed E-state index contributed by atoms with van der Waals surface area (Å²) in [5, 5.41) is 18.0. The largest absolute Gasteiger partial charge is 0.463 e. The summed E-state index contributed by atoms with van der Waals surface area (Å²) < 4.78 is 10.8. The third kappa shape index (κ3) is 4.63. The minimum absolute atomic E-state index is 0.0371. The summed E-state index contributed by atoms with van der Waals surface area (Å²) in [4.78, 5) is 36.3. The van der Waals surface area contributed by atoms with Crippen LogP contribution in [0, 0.1) is 28.6 Å². The summed E-state index contributed by atoms with van der Waals surface area (Å²) in [6, 6.07) is 0. The van der Waals surface area contributed by atoms with Gasteiger partial charge in [0, 0.05) is 11.8 Å². The van der Waals surface area contributed by atoms with Crippen molar-refractivity contribution in [1.82, 2.24) is 0 Å². The molecule has 0 aromatic heterocycles. The van der Waals surface area contributed by atoms with Crippen molar-refractivity contribution in [3.05, 3.63) is 11.6 Å². The van der Waals surface area contributed by atoms with Gasteiger partial charge in [0.2, 0.25) is 0 Å². The molecule has 4 rings (SSSR count). The molecule has 3 saturated carbocycles. The molecule has 4 aliphatic carbocycles. The van der Waals surface area contributed by atoms with Crippen molar-refractivity contribution in [2.24, 2.45) is 28.6 Å². The molecule has 0 spiro atoms. The van der Waals surface area contributed by atoms with Gasteiger partial charge in [0.25, 0.3) is 0 Å². The molecule has 0 heterocycles. The van der Waals surface area contributed by atoms with Crippen LogP contribution in [0.5, 0.6) is 0 Å². The quantitative estimate of drug-likeness (QED) is 0.559. The normalized spacial score (nSPS) is 38.4. The molecule has 2 N–H and O–H groups in total. The predicted molar refractivity (Wildman–Crippen MR) is 120 cm³/mol. The number of ether oxygens (including phenoxy) is 2. The maximum absolute atomic E-state index is 12.5. The van der Waals surface area contributed by atoms with E-state index in [-0.39, 0.29) is 48.1 Å². The van der Waals surface area contributed by atoms with E-state index in [1.165, 1.54) is 5.57 Å². The fraction of sp³-hybridized carbons (Fsp3) is 0.808. The standard InChI is InChI=1S/C26H38O7/c1-25-11-9-17(28)13-16(25)3-4-19-20-5-6-22(26(20,2)12-10-21(19)25)33-24(31)8-7-23(30)32-15-18(29)14-27/h13,18-22,27,29H,3-12,14-15H2,1-2H3/t18-,19-,20-,21-,22-,25-,26-/m0/s1. The molecule has 184 valence electrons. The Hall–Kier alpha value is -1.73. The highest BCUT2D eigenvalue weighted by atomic mass is 16.6. The lowest BCUT2D eigenvalue weighted by Crippen LogP contribution is -2.51. The Morgan fingerprint density at radius 2 is 1.82 bits per heavy atom. The third-order valence-electron chi connectivity index (χ3n) is 9.33. The van der Waals surface area contributed by atoms with Crippen LogP contribution in [-0.4, -0.2) is 53.4 Å². The number of hydrogen-bond acceptors (Lipinski definition) is 7. The van der Waals surface area contributed by atoms with Crippen molar-refractivity contribution >= 4 is 17.7 Å². The van der Waals surface area contributed by atoms with Gasteiger partial charge in [0.1, 0.15) is 18.8 Å². The lowest BCUT2D eigenvalue weighted by atomic mass is 9.47. The Balaban J connectivity index is 1.34. The van der Waals surface area contributed by atoms with Crippen LogP contribution >= 0.6 is 0 Å². The van der Waals surface area contributed by atoms with Gasteiger partial charge in [-0.25, -0.2) is 0 Å². The maximum Gasteiger partial charge on any atom is 0.306 e. The van der Waals surface area contributed by atoms with Crippen LogP contribution in [0.15, 0.2) is 11.6 Å². The third-order valence-corrected chi connectivity index (χ3v) is 9.33. The van der Waals surface area contributed by atoms with E-state index in [9.17, 15) is 19.5 Å². The molecule has 33 heavy (non-hydrogen) atoms. The summed E-state index contributed by atoms with van der Waals surface area (Å²) in [5.41, 5.74) is 1.46. The van der Waals surface area contributed by atoms with E-state index >= 15 is 0 Å². The number of ketones is 1. The van der Waals surface area contributed by atoms with Gasteiger partial charge >= 0.3 is 11.9 Å². The molecule has 0 aromatic carbocycles. The van der Waals surface area contributed by atoms with Gasteiger partial charge in [0.15, 0.2) is 5.78 Å². The van der Waals surface area contributed by atoms with Crippen LogP contribution in [0.25, 0.3) is 0 Å². The molecule has 0 aliphatic heterocycles. The molecule has 7 heteroatoms. The molecular weight excluding hydrogens is 424 g/mol. The Morgan fingerprint density at radius 3 is 2.58 bits per heavy atom. The van der Waals surface area contributed by atoms with E-state index < -0.39 is 18.7 Å². The first-order valence-electron chi connectivity index (χ1n) is 12.6. The van der Waals surface area contributed by atoms with E-state index in [2.05, 4.69) is 13.8 Å². The summed E-state index contributed by atoms with van der Waals surface area (Å²) in [7, 11) is 0. The predicted octanol–water partition coefficient (Wildman–Crippen LogP) is 3.11. The Kier molecular flexibility index (Phi) is 7.02. The Morgan fingerprint density at radius 1 is 1.06 bits per heavy atom. The van der Waals surface area contributed by atoms with Crippen LogP contribution in [0.3, 0.4) is 0 Å². The van der Waals surface area contributed by atoms with E-state index in [0.29, 0.717) is 24.2 Å². The molecular formula is C26H38O7. The first-order chi connectivity index (χ1) is 15.7. The second-order valence-corrected chi connectivity index (χ2v) is 11.1. The first-order valence-corrected chi connectivity index (χ1v) is 12.6. The van der Waals surface area contributed by atoms with E-state index in [0.717, 1.165) is 44.9 Å². The smallest absolute Gasteiger partial charge is 0.306 e. The van der Waals surface area contributed by atoms with Crippen molar-refractivity contribution in [3.8, 4) is 0 Å². The number of fused-ring (bicyclic) bond motifs is 5. The molecule has 3 fully saturated rings.